The van der Waals surface area contributed by atoms with Gasteiger partial charge in [0.15, 0.2) is 5.65 Å². The van der Waals surface area contributed by atoms with Crippen molar-refractivity contribution >= 4 is 28.3 Å². The molecule has 0 aliphatic carbocycles. The molecule has 1 aromatic carbocycles. The molecule has 0 radical (unpaired) electrons. The minimum Gasteiger partial charge on any atom is -0.406 e. The highest BCUT2D eigenvalue weighted by Gasteiger charge is 2.32. The number of fused-ring (bicyclic) bond motifs is 1. The van der Waals surface area contributed by atoms with Crippen LogP contribution in [0.4, 0.5) is 18.9 Å². The van der Waals surface area contributed by atoms with Gasteiger partial charge in [-0.25, -0.2) is 9.97 Å². The summed E-state index contributed by atoms with van der Waals surface area (Å²) in [5.74, 6) is 0.314. The molecule has 0 bridgehead atoms. The molecule has 2 aromatic heterocycles. The number of hydrogen-bond donors (Lipinski definition) is 3. The van der Waals surface area contributed by atoms with E-state index in [2.05, 4.69) is 26.1 Å². The summed E-state index contributed by atoms with van der Waals surface area (Å²) in [7, 11) is 0. The van der Waals surface area contributed by atoms with Crippen LogP contribution < -0.4 is 15.8 Å². The van der Waals surface area contributed by atoms with Crippen LogP contribution in [0, 0.1) is 0 Å². The van der Waals surface area contributed by atoms with Crippen LogP contribution in [0.1, 0.15) is 46.9 Å². The lowest BCUT2D eigenvalue weighted by Gasteiger charge is -2.32. The number of benzene rings is 1. The molecule has 0 atom stereocenters. The maximum absolute atomic E-state index is 13.0. The second-order valence-corrected chi connectivity index (χ2v) is 8.73. The predicted molar refractivity (Wildman–Crippen MR) is 125 cm³/mol. The van der Waals surface area contributed by atoms with E-state index in [4.69, 9.17) is 10.7 Å². The number of alkyl halides is 3. The molecule has 1 saturated heterocycles. The third-order valence-electron chi connectivity index (χ3n) is 6.50. The van der Waals surface area contributed by atoms with Crippen molar-refractivity contribution in [2.24, 2.45) is 0 Å². The number of carbonyl (C=O) groups excluding carboxylic acids is 1. The van der Waals surface area contributed by atoms with Crippen LogP contribution in [0.5, 0.6) is 5.75 Å². The number of H-pyrrole nitrogens is 1. The molecule has 4 N–H and O–H groups in total. The number of anilines is 1. The van der Waals surface area contributed by atoms with E-state index in [1.165, 1.54) is 11.6 Å². The smallest absolute Gasteiger partial charge is 0.406 e. The SMILES string of the molecule is Nc1cc(OC(F)(F)F)ccc1C(=O)N1CCC(c2ccnc3nc(C4=CCNCC4)[nH]c23)CC1. The van der Waals surface area contributed by atoms with Crippen molar-refractivity contribution in [3.05, 3.63) is 53.5 Å². The Hall–Kier alpha value is -3.60. The van der Waals surface area contributed by atoms with Crippen LogP contribution in [0.15, 0.2) is 36.5 Å². The van der Waals surface area contributed by atoms with Gasteiger partial charge in [-0.05, 0) is 61.1 Å². The Kier molecular flexibility index (Phi) is 6.10. The van der Waals surface area contributed by atoms with Crippen LogP contribution in [0.2, 0.25) is 0 Å². The molecular formula is C24H25F3N6O2. The number of nitrogens with zero attached hydrogens (tertiary/aromatic N) is 3. The number of pyridine rings is 1. The number of nitrogen functional groups attached to an aromatic ring is 1. The van der Waals surface area contributed by atoms with Crippen molar-refractivity contribution in [1.29, 1.82) is 0 Å². The van der Waals surface area contributed by atoms with E-state index in [9.17, 15) is 18.0 Å². The minimum absolute atomic E-state index is 0.0491. The van der Waals surface area contributed by atoms with E-state index < -0.39 is 12.1 Å². The Bertz CT molecular complexity index is 1280. The van der Waals surface area contributed by atoms with Gasteiger partial charge in [-0.3, -0.25) is 4.79 Å². The van der Waals surface area contributed by atoms with Crippen LogP contribution >= 0.6 is 0 Å². The van der Waals surface area contributed by atoms with Gasteiger partial charge in [0.2, 0.25) is 0 Å². The molecule has 1 fully saturated rings. The van der Waals surface area contributed by atoms with Crippen molar-refractivity contribution in [3.8, 4) is 5.75 Å². The van der Waals surface area contributed by atoms with Crippen LogP contribution in [0.25, 0.3) is 16.7 Å². The molecule has 0 spiro atoms. The zero-order chi connectivity index (χ0) is 24.6. The highest BCUT2D eigenvalue weighted by molar-refractivity contribution is 5.99. The van der Waals surface area contributed by atoms with Crippen molar-refractivity contribution in [2.75, 3.05) is 31.9 Å². The first-order chi connectivity index (χ1) is 16.8. The van der Waals surface area contributed by atoms with Gasteiger partial charge in [-0.1, -0.05) is 6.08 Å². The average molecular weight is 486 g/mol. The zero-order valence-electron chi connectivity index (χ0n) is 18.9. The topological polar surface area (TPSA) is 109 Å². The summed E-state index contributed by atoms with van der Waals surface area (Å²) < 4.78 is 41.2. The van der Waals surface area contributed by atoms with Crippen LogP contribution in [0.3, 0.4) is 0 Å². The molecule has 2 aliphatic heterocycles. The van der Waals surface area contributed by atoms with Crippen molar-refractivity contribution in [3.63, 3.8) is 0 Å². The van der Waals surface area contributed by atoms with E-state index in [-0.39, 0.29) is 23.1 Å². The number of carbonyl (C=O) groups is 1. The summed E-state index contributed by atoms with van der Waals surface area (Å²) in [4.78, 5) is 27.3. The average Bonchev–Trinajstić information content (AvgIpc) is 3.28. The lowest BCUT2D eigenvalue weighted by molar-refractivity contribution is -0.274. The van der Waals surface area contributed by atoms with E-state index in [0.29, 0.717) is 18.7 Å². The van der Waals surface area contributed by atoms with E-state index in [1.807, 2.05) is 6.07 Å². The zero-order valence-corrected chi connectivity index (χ0v) is 18.9. The Morgan fingerprint density at radius 2 is 2.00 bits per heavy atom. The number of ether oxygens (including phenoxy) is 1. The van der Waals surface area contributed by atoms with E-state index in [0.717, 1.165) is 61.4 Å². The number of aromatic amines is 1. The first-order valence-corrected chi connectivity index (χ1v) is 11.5. The van der Waals surface area contributed by atoms with E-state index >= 15 is 0 Å². The first-order valence-electron chi connectivity index (χ1n) is 11.5. The number of hydrogen-bond acceptors (Lipinski definition) is 6. The third kappa shape index (κ3) is 4.95. The lowest BCUT2D eigenvalue weighted by Crippen LogP contribution is -2.38. The molecule has 1 amide bonds. The van der Waals surface area contributed by atoms with E-state index in [1.54, 1.807) is 11.1 Å². The molecule has 0 unspecified atom stereocenters. The van der Waals surface area contributed by atoms with Gasteiger partial charge in [0.05, 0.1) is 11.1 Å². The molecule has 8 nitrogen and oxygen atoms in total. The number of halogens is 3. The van der Waals surface area contributed by atoms with Gasteiger partial charge in [0.25, 0.3) is 5.91 Å². The standard InChI is InChI=1S/C24H25F3N6O2/c25-24(26,27)35-16-1-2-18(19(28)13-16)23(34)33-11-6-14(7-12-33)17-5-10-30-22-20(17)31-21(32-22)15-3-8-29-9-4-15/h1-3,5,10,13-14,29H,4,6-9,11-12,28H2,(H,30,31,32). The fourth-order valence-electron chi connectivity index (χ4n) is 4.76. The number of nitrogens with one attached hydrogen (secondary N) is 2. The van der Waals surface area contributed by atoms with Gasteiger partial charge < -0.3 is 25.7 Å². The summed E-state index contributed by atoms with van der Waals surface area (Å²) in [5.41, 5.74) is 9.90. The molecule has 35 heavy (non-hydrogen) atoms. The van der Waals surface area contributed by atoms with Gasteiger partial charge in [-0.15, -0.1) is 13.2 Å². The Morgan fingerprint density at radius 3 is 2.69 bits per heavy atom. The van der Waals surface area contributed by atoms with Crippen molar-refractivity contribution in [1.82, 2.24) is 25.2 Å². The van der Waals surface area contributed by atoms with Gasteiger partial charge >= 0.3 is 6.36 Å². The number of rotatable bonds is 4. The van der Waals surface area contributed by atoms with Gasteiger partial charge in [-0.2, -0.15) is 0 Å². The van der Waals surface area contributed by atoms with Gasteiger partial charge in [0, 0.05) is 37.6 Å². The predicted octanol–water partition coefficient (Wildman–Crippen LogP) is 3.84. The summed E-state index contributed by atoms with van der Waals surface area (Å²) in [6.45, 7) is 2.75. The Balaban J connectivity index is 1.29. The molecular weight excluding hydrogens is 461 g/mol. The Labute approximate surface area is 199 Å². The molecule has 184 valence electrons. The highest BCUT2D eigenvalue weighted by Crippen LogP contribution is 2.34. The van der Waals surface area contributed by atoms with Crippen molar-refractivity contribution < 1.29 is 22.7 Å². The summed E-state index contributed by atoms with van der Waals surface area (Å²) >= 11 is 0. The Morgan fingerprint density at radius 1 is 1.20 bits per heavy atom. The summed E-state index contributed by atoms with van der Waals surface area (Å²) in [6.07, 6.45) is 1.46. The van der Waals surface area contributed by atoms with Crippen LogP contribution in [-0.2, 0) is 0 Å². The second-order valence-electron chi connectivity index (χ2n) is 8.73. The largest absolute Gasteiger partial charge is 0.573 e. The fraction of sp³-hybridized carbons (Fsp3) is 0.375. The van der Waals surface area contributed by atoms with Gasteiger partial charge in [0.1, 0.15) is 11.6 Å². The third-order valence-corrected chi connectivity index (χ3v) is 6.50. The molecule has 0 saturated carbocycles. The highest BCUT2D eigenvalue weighted by atomic mass is 19.4. The number of aromatic nitrogens is 3. The monoisotopic (exact) mass is 486 g/mol. The molecule has 4 heterocycles. The summed E-state index contributed by atoms with van der Waals surface area (Å²) in [6, 6.07) is 5.40. The maximum atomic E-state index is 13.0. The number of imidazole rings is 1. The number of nitrogens with two attached hydrogens (primary N) is 1. The molecule has 11 heteroatoms. The van der Waals surface area contributed by atoms with Crippen LogP contribution in [-0.4, -0.2) is 58.3 Å². The maximum Gasteiger partial charge on any atom is 0.573 e. The first kappa shape index (κ1) is 23.2. The normalized spacial score (nSPS) is 17.5. The molecule has 5 rings (SSSR count). The quantitative estimate of drug-likeness (QED) is 0.484. The molecule has 3 aromatic rings. The minimum atomic E-state index is -4.82. The van der Waals surface area contributed by atoms with Crippen molar-refractivity contribution in [2.45, 2.75) is 31.5 Å². The lowest BCUT2D eigenvalue weighted by atomic mass is 9.89. The summed E-state index contributed by atoms with van der Waals surface area (Å²) in [5, 5.41) is 3.30. The second kappa shape index (κ2) is 9.21. The fourth-order valence-corrected chi connectivity index (χ4v) is 4.76. The number of likely N-dealkylation sites (tertiary alicyclic amines) is 1. The number of amides is 1. The molecule has 2 aliphatic rings. The number of piperidine rings is 1.